The molecule has 15 heteroatoms. The van der Waals surface area contributed by atoms with Gasteiger partial charge in [0.25, 0.3) is 11.8 Å². The third-order valence-corrected chi connectivity index (χ3v) is 7.98. The van der Waals surface area contributed by atoms with E-state index in [1.165, 1.54) is 22.0 Å². The van der Waals surface area contributed by atoms with Crippen molar-refractivity contribution in [1.29, 1.82) is 0 Å². The molecule has 3 aliphatic rings. The molecule has 0 aromatic carbocycles. The summed E-state index contributed by atoms with van der Waals surface area (Å²) in [6.07, 6.45) is 1.13. The summed E-state index contributed by atoms with van der Waals surface area (Å²) in [7, 11) is 0. The number of carboxylic acids is 2. The molecule has 2 fully saturated rings. The number of hydrogen-bond acceptors (Lipinski definition) is 11. The van der Waals surface area contributed by atoms with Gasteiger partial charge in [-0.15, -0.1) is 23.1 Å². The van der Waals surface area contributed by atoms with E-state index in [9.17, 15) is 29.4 Å². The monoisotopic (exact) mass is 524 g/mol. The number of carboxylic acid groups (broad SMARTS) is 2. The summed E-state index contributed by atoms with van der Waals surface area (Å²) < 4.78 is 0. The molecule has 3 heterocycles. The zero-order chi connectivity index (χ0) is 25.3. The van der Waals surface area contributed by atoms with E-state index < -0.39 is 40.8 Å². The minimum atomic E-state index is -1.51. The number of thioether (sulfide) groups is 1. The Morgan fingerprint density at radius 2 is 2.11 bits per heavy atom. The van der Waals surface area contributed by atoms with E-state index in [2.05, 4.69) is 20.8 Å². The first-order valence-corrected chi connectivity index (χ1v) is 12.7. The van der Waals surface area contributed by atoms with Gasteiger partial charge < -0.3 is 31.4 Å². The number of carbonyl (C=O) groups excluding carboxylic acids is 2. The molecule has 2 atom stereocenters. The van der Waals surface area contributed by atoms with Crippen LogP contribution in [-0.2, 0) is 24.0 Å². The molecule has 2 amide bonds. The lowest BCUT2D eigenvalue weighted by atomic mass is 9.80. The molecule has 35 heavy (non-hydrogen) atoms. The van der Waals surface area contributed by atoms with Crippen LogP contribution in [0.2, 0.25) is 0 Å². The number of aliphatic carboxylic acids is 2. The molecule has 1 aromatic rings. The number of anilines is 1. The number of fused-ring (bicyclic) bond motifs is 1. The van der Waals surface area contributed by atoms with E-state index in [0.29, 0.717) is 30.8 Å². The van der Waals surface area contributed by atoms with E-state index in [1.807, 2.05) is 6.92 Å². The number of carbonyl (C=O) groups is 4. The van der Waals surface area contributed by atoms with Crippen LogP contribution in [0.25, 0.3) is 0 Å². The summed E-state index contributed by atoms with van der Waals surface area (Å²) in [5, 5.41) is 29.7. The molecule has 2 aliphatic heterocycles. The van der Waals surface area contributed by atoms with Crippen molar-refractivity contribution in [1.82, 2.24) is 20.5 Å². The highest BCUT2D eigenvalue weighted by molar-refractivity contribution is 8.00. The standard InChI is InChI=1S/C20H24N6O7S2/c1-2-22-6-9-7-34-16-12(15(28)26(16)13(9)17(29)30)24-14(27)11(10-8-35-19(21)23-10)25-33-20(18(31)32)4-3-5-20/h8,12,16,22H,2-7H2,1H3,(H2,21,23)(H,24,27)(H,29,30)(H,31,32)/b25-11-/t12?,16-/m0/s1. The fourth-order valence-electron chi connectivity index (χ4n) is 3.88. The van der Waals surface area contributed by atoms with E-state index in [4.69, 9.17) is 10.6 Å². The van der Waals surface area contributed by atoms with Crippen LogP contribution in [0, 0.1) is 0 Å². The molecule has 1 unspecified atom stereocenters. The lowest BCUT2D eigenvalue weighted by Crippen LogP contribution is -2.71. The molecular weight excluding hydrogens is 500 g/mol. The van der Waals surface area contributed by atoms with Gasteiger partial charge >= 0.3 is 11.9 Å². The predicted molar refractivity (Wildman–Crippen MR) is 127 cm³/mol. The van der Waals surface area contributed by atoms with Crippen molar-refractivity contribution in [3.05, 3.63) is 22.3 Å². The van der Waals surface area contributed by atoms with Crippen LogP contribution in [0.1, 0.15) is 31.9 Å². The lowest BCUT2D eigenvalue weighted by Gasteiger charge is -2.49. The molecule has 0 bridgehead atoms. The van der Waals surface area contributed by atoms with Crippen molar-refractivity contribution < 1.29 is 34.2 Å². The molecule has 0 spiro atoms. The van der Waals surface area contributed by atoms with Crippen molar-refractivity contribution >= 4 is 57.7 Å². The molecule has 13 nitrogen and oxygen atoms in total. The Bertz CT molecular complexity index is 1130. The van der Waals surface area contributed by atoms with Gasteiger partial charge in [0.1, 0.15) is 22.8 Å². The summed E-state index contributed by atoms with van der Waals surface area (Å²) in [6, 6.07) is -0.999. The minimum Gasteiger partial charge on any atom is -0.478 e. The third kappa shape index (κ3) is 4.58. The predicted octanol–water partition coefficient (Wildman–Crippen LogP) is -0.199. The van der Waals surface area contributed by atoms with Crippen LogP contribution in [0.4, 0.5) is 5.13 Å². The van der Waals surface area contributed by atoms with Gasteiger partial charge in [-0.3, -0.25) is 14.5 Å². The summed E-state index contributed by atoms with van der Waals surface area (Å²) in [4.78, 5) is 60.0. The van der Waals surface area contributed by atoms with Crippen LogP contribution in [-0.4, -0.2) is 85.4 Å². The van der Waals surface area contributed by atoms with Crippen LogP contribution in [0.15, 0.2) is 21.8 Å². The van der Waals surface area contributed by atoms with E-state index in [0.717, 1.165) is 11.3 Å². The van der Waals surface area contributed by atoms with Gasteiger partial charge in [0.2, 0.25) is 5.60 Å². The van der Waals surface area contributed by atoms with Crippen molar-refractivity contribution in [3.63, 3.8) is 0 Å². The second-order valence-corrected chi connectivity index (χ2v) is 10.1. The highest BCUT2D eigenvalue weighted by atomic mass is 32.2. The second-order valence-electron chi connectivity index (χ2n) is 8.15. The number of β-lactam (4-membered cyclic amide) rings is 1. The number of aromatic nitrogens is 1. The summed E-state index contributed by atoms with van der Waals surface area (Å²) in [5.41, 5.74) is 4.43. The normalized spacial score (nSPS) is 23.2. The number of nitrogens with zero attached hydrogens (tertiary/aromatic N) is 3. The van der Waals surface area contributed by atoms with Crippen LogP contribution >= 0.6 is 23.1 Å². The quantitative estimate of drug-likeness (QED) is 0.154. The highest BCUT2D eigenvalue weighted by Crippen LogP contribution is 2.40. The Balaban J connectivity index is 1.54. The maximum Gasteiger partial charge on any atom is 0.352 e. The van der Waals surface area contributed by atoms with Gasteiger partial charge in [-0.25, -0.2) is 14.6 Å². The number of nitrogens with two attached hydrogens (primary N) is 1. The number of likely N-dealkylation sites (N-methyl/N-ethyl adjacent to an activating group) is 1. The first kappa shape index (κ1) is 24.9. The Hall–Kier alpha value is -3.17. The lowest BCUT2D eigenvalue weighted by molar-refractivity contribution is -0.178. The highest BCUT2D eigenvalue weighted by Gasteiger charge is 2.54. The Kier molecular flexibility index (Phi) is 7.00. The number of thiazole rings is 1. The number of nitrogen functional groups attached to an aromatic ring is 1. The molecule has 4 rings (SSSR count). The smallest absolute Gasteiger partial charge is 0.352 e. The van der Waals surface area contributed by atoms with Crippen LogP contribution < -0.4 is 16.4 Å². The largest absolute Gasteiger partial charge is 0.478 e. The number of amides is 2. The van der Waals surface area contributed by atoms with Crippen molar-refractivity contribution in [2.45, 2.75) is 43.2 Å². The summed E-state index contributed by atoms with van der Waals surface area (Å²) >= 11 is 2.39. The number of oxime groups is 1. The Morgan fingerprint density at radius 1 is 1.37 bits per heavy atom. The average Bonchev–Trinajstić information content (AvgIpc) is 3.22. The van der Waals surface area contributed by atoms with Crippen LogP contribution in [0.5, 0.6) is 0 Å². The minimum absolute atomic E-state index is 0.0730. The molecule has 0 radical (unpaired) electrons. The Morgan fingerprint density at radius 3 is 2.66 bits per heavy atom. The fraction of sp³-hybridized carbons (Fsp3) is 0.500. The molecule has 1 aromatic heterocycles. The summed E-state index contributed by atoms with van der Waals surface area (Å²) in [6.45, 7) is 2.87. The van der Waals surface area contributed by atoms with Gasteiger partial charge in [0.15, 0.2) is 10.8 Å². The van der Waals surface area contributed by atoms with Gasteiger partial charge in [-0.1, -0.05) is 12.1 Å². The van der Waals surface area contributed by atoms with Crippen molar-refractivity contribution in [3.8, 4) is 0 Å². The molecule has 6 N–H and O–H groups in total. The Labute approximate surface area is 207 Å². The average molecular weight is 525 g/mol. The van der Waals surface area contributed by atoms with Gasteiger partial charge in [-0.2, -0.15) is 0 Å². The van der Waals surface area contributed by atoms with E-state index >= 15 is 0 Å². The number of rotatable bonds is 10. The molecule has 1 saturated heterocycles. The van der Waals surface area contributed by atoms with Gasteiger partial charge in [0, 0.05) is 30.5 Å². The maximum absolute atomic E-state index is 13.1. The number of nitrogens with one attached hydrogen (secondary N) is 2. The third-order valence-electron chi connectivity index (χ3n) is 5.97. The van der Waals surface area contributed by atoms with Crippen LogP contribution in [0.3, 0.4) is 0 Å². The van der Waals surface area contributed by atoms with Gasteiger partial charge in [-0.05, 0) is 18.5 Å². The van der Waals surface area contributed by atoms with Crippen molar-refractivity contribution in [2.75, 3.05) is 24.6 Å². The fourth-order valence-corrected chi connectivity index (χ4v) is 5.77. The van der Waals surface area contributed by atoms with E-state index in [1.54, 1.807) is 0 Å². The SMILES string of the molecule is CCNCC1=C(C(=O)O)N2C(=O)C(NC(=O)/C(=N\OC3(C(=O)O)CCC3)c3csc(N)n3)[C@@H]2SC1. The molecule has 1 saturated carbocycles. The second kappa shape index (κ2) is 9.83. The zero-order valence-corrected chi connectivity index (χ0v) is 20.3. The van der Waals surface area contributed by atoms with E-state index in [-0.39, 0.29) is 35.1 Å². The zero-order valence-electron chi connectivity index (χ0n) is 18.6. The molecular formula is C20H24N6O7S2. The van der Waals surface area contributed by atoms with Gasteiger partial charge in [0.05, 0.1) is 0 Å². The van der Waals surface area contributed by atoms with Crippen molar-refractivity contribution in [2.24, 2.45) is 5.16 Å². The summed E-state index contributed by atoms with van der Waals surface area (Å²) in [5.74, 6) is -3.40. The first-order chi connectivity index (χ1) is 16.7. The first-order valence-electron chi connectivity index (χ1n) is 10.8. The maximum atomic E-state index is 13.1. The molecule has 188 valence electrons. The molecule has 1 aliphatic carbocycles. The number of hydrogen-bond donors (Lipinski definition) is 5. The topological polar surface area (TPSA) is 197 Å².